The molecule has 1 aliphatic carbocycles. The minimum atomic E-state index is -0.432. The number of ketones is 2. The summed E-state index contributed by atoms with van der Waals surface area (Å²) in [5.41, 5.74) is 2.94. The lowest BCUT2D eigenvalue weighted by molar-refractivity contribution is -0.671. The molecule has 204 valence electrons. The fraction of sp³-hybridized carbons (Fsp3) is 0.250. The molecule has 40 heavy (non-hydrogen) atoms. The van der Waals surface area contributed by atoms with Gasteiger partial charge in [-0.2, -0.15) is 0 Å². The van der Waals surface area contributed by atoms with E-state index in [4.69, 9.17) is 18.3 Å². The van der Waals surface area contributed by atoms with E-state index in [1.807, 2.05) is 98.3 Å². The molecular formula is C32H32N2O6+2. The number of carbonyl (C=O) groups excluding carboxylic acids is 2. The molecule has 4 heterocycles. The van der Waals surface area contributed by atoms with Gasteiger partial charge in [0.2, 0.25) is 11.6 Å². The van der Waals surface area contributed by atoms with Crippen molar-refractivity contribution in [2.24, 2.45) is 14.1 Å². The third-order valence-corrected chi connectivity index (χ3v) is 6.73. The van der Waals surface area contributed by atoms with Gasteiger partial charge in [0.05, 0.1) is 35.5 Å². The molecule has 1 aliphatic rings. The van der Waals surface area contributed by atoms with E-state index >= 15 is 0 Å². The van der Waals surface area contributed by atoms with Crippen molar-refractivity contribution in [2.45, 2.75) is 27.7 Å². The van der Waals surface area contributed by atoms with Crippen LogP contribution in [0.2, 0.25) is 0 Å². The molecule has 0 N–H and O–H groups in total. The summed E-state index contributed by atoms with van der Waals surface area (Å²) < 4.78 is 27.8. The van der Waals surface area contributed by atoms with E-state index in [9.17, 15) is 9.59 Å². The summed E-state index contributed by atoms with van der Waals surface area (Å²) in [4.78, 5) is 28.0. The zero-order valence-electron chi connectivity index (χ0n) is 23.5. The van der Waals surface area contributed by atoms with E-state index in [1.165, 1.54) is 0 Å². The summed E-state index contributed by atoms with van der Waals surface area (Å²) in [5.74, 6) is 0.789. The van der Waals surface area contributed by atoms with Crippen LogP contribution in [-0.2, 0) is 23.6 Å². The van der Waals surface area contributed by atoms with Gasteiger partial charge >= 0.3 is 0 Å². The van der Waals surface area contributed by atoms with E-state index in [1.54, 1.807) is 13.8 Å². The summed E-state index contributed by atoms with van der Waals surface area (Å²) in [5, 5.41) is 0. The SMILES string of the molecule is CCO/C(=C\c1cc[n+](C)cc1)c1c(C)oc2c1C(=O)c1oc(C)c(/C(=C/c3cc[n+](C)cc3)OCC)c1C2=O. The lowest BCUT2D eigenvalue weighted by Crippen LogP contribution is -2.25. The number of hydrogen-bond acceptors (Lipinski definition) is 6. The summed E-state index contributed by atoms with van der Waals surface area (Å²) in [6.45, 7) is 7.90. The Balaban J connectivity index is 1.65. The van der Waals surface area contributed by atoms with Gasteiger partial charge in [-0.05, 0) is 51.0 Å². The Morgan fingerprint density at radius 1 is 0.700 bits per heavy atom. The highest BCUT2D eigenvalue weighted by atomic mass is 16.5. The van der Waals surface area contributed by atoms with Crippen molar-refractivity contribution in [3.63, 3.8) is 0 Å². The van der Waals surface area contributed by atoms with Gasteiger partial charge in [0, 0.05) is 24.3 Å². The highest BCUT2D eigenvalue weighted by Crippen LogP contribution is 2.42. The standard InChI is InChI=1S/C32H32N2O6/c1-7-37-23(17-21-9-13-33(5)14-10-21)25-19(3)39-31-27(25)29(35)32-28(30(31)36)26(20(4)40-32)24(38-8-2)18-22-11-15-34(6)16-12-22/h9-18H,7-8H2,1-6H3/q+2/b23-17-,24-18-. The number of fused-ring (bicyclic) bond motifs is 2. The van der Waals surface area contributed by atoms with E-state index in [-0.39, 0.29) is 22.6 Å². The van der Waals surface area contributed by atoms with Crippen molar-refractivity contribution in [2.75, 3.05) is 13.2 Å². The number of aryl methyl sites for hydroxylation is 4. The number of carbonyl (C=O) groups is 2. The molecule has 0 saturated heterocycles. The lowest BCUT2D eigenvalue weighted by atomic mass is 9.88. The Kier molecular flexibility index (Phi) is 7.26. The van der Waals surface area contributed by atoms with Crippen molar-refractivity contribution in [3.05, 3.63) is 105 Å². The molecule has 8 nitrogen and oxygen atoms in total. The predicted molar refractivity (Wildman–Crippen MR) is 148 cm³/mol. The second-order valence-corrected chi connectivity index (χ2v) is 9.61. The van der Waals surface area contributed by atoms with Crippen LogP contribution in [0.5, 0.6) is 0 Å². The number of hydrogen-bond donors (Lipinski definition) is 0. The predicted octanol–water partition coefficient (Wildman–Crippen LogP) is 4.98. The molecule has 8 heteroatoms. The van der Waals surface area contributed by atoms with Crippen LogP contribution in [-0.4, -0.2) is 24.8 Å². The molecule has 0 bridgehead atoms. The molecule has 0 spiro atoms. The summed E-state index contributed by atoms with van der Waals surface area (Å²) in [6.07, 6.45) is 11.3. The number of ether oxygens (including phenoxy) is 2. The van der Waals surface area contributed by atoms with E-state index in [0.717, 1.165) is 11.1 Å². The van der Waals surface area contributed by atoms with Crippen molar-refractivity contribution < 1.29 is 37.0 Å². The van der Waals surface area contributed by atoms with E-state index in [2.05, 4.69) is 0 Å². The van der Waals surface area contributed by atoms with Crippen LogP contribution >= 0.6 is 0 Å². The van der Waals surface area contributed by atoms with Crippen LogP contribution < -0.4 is 9.13 Å². The number of aromatic nitrogens is 2. The molecule has 5 rings (SSSR count). The highest BCUT2D eigenvalue weighted by molar-refractivity contribution is 6.29. The molecular weight excluding hydrogens is 508 g/mol. The summed E-state index contributed by atoms with van der Waals surface area (Å²) in [7, 11) is 3.86. The first-order valence-electron chi connectivity index (χ1n) is 13.2. The van der Waals surface area contributed by atoms with Gasteiger partial charge in [-0.1, -0.05) is 0 Å². The Morgan fingerprint density at radius 3 is 1.38 bits per heavy atom. The molecule has 4 aromatic heterocycles. The van der Waals surface area contributed by atoms with Crippen LogP contribution in [0.3, 0.4) is 0 Å². The normalized spacial score (nSPS) is 13.3. The molecule has 0 aliphatic heterocycles. The minimum absolute atomic E-state index is 0.0281. The minimum Gasteiger partial charge on any atom is -0.493 e. The molecule has 0 radical (unpaired) electrons. The maximum Gasteiger partial charge on any atom is 0.233 e. The van der Waals surface area contributed by atoms with Crippen LogP contribution in [0.15, 0.2) is 57.9 Å². The maximum absolute atomic E-state index is 14.0. The fourth-order valence-electron chi connectivity index (χ4n) is 4.87. The fourth-order valence-corrected chi connectivity index (χ4v) is 4.87. The van der Waals surface area contributed by atoms with Gasteiger partial charge < -0.3 is 18.3 Å². The van der Waals surface area contributed by atoms with Crippen molar-refractivity contribution >= 4 is 35.2 Å². The average molecular weight is 541 g/mol. The molecule has 0 fully saturated rings. The third-order valence-electron chi connectivity index (χ3n) is 6.73. The Labute approximate surface area is 232 Å². The summed E-state index contributed by atoms with van der Waals surface area (Å²) >= 11 is 0. The third kappa shape index (κ3) is 4.77. The van der Waals surface area contributed by atoms with Crippen molar-refractivity contribution in [1.29, 1.82) is 0 Å². The first kappa shape index (κ1) is 26.9. The zero-order chi connectivity index (χ0) is 28.6. The molecule has 0 amide bonds. The highest BCUT2D eigenvalue weighted by Gasteiger charge is 2.43. The second-order valence-electron chi connectivity index (χ2n) is 9.61. The topological polar surface area (TPSA) is 86.6 Å². The molecule has 0 atom stereocenters. The van der Waals surface area contributed by atoms with Crippen molar-refractivity contribution in [3.8, 4) is 0 Å². The average Bonchev–Trinajstić information content (AvgIpc) is 3.46. The molecule has 0 aromatic carbocycles. The van der Waals surface area contributed by atoms with Crippen molar-refractivity contribution in [1.82, 2.24) is 0 Å². The largest absolute Gasteiger partial charge is 0.493 e. The Bertz CT molecular complexity index is 1540. The zero-order valence-corrected chi connectivity index (χ0v) is 23.5. The number of rotatable bonds is 8. The van der Waals surface area contributed by atoms with E-state index < -0.39 is 11.6 Å². The number of pyridine rings is 2. The Morgan fingerprint density at radius 2 is 1.05 bits per heavy atom. The maximum atomic E-state index is 14.0. The first-order chi connectivity index (χ1) is 19.2. The van der Waals surface area contributed by atoms with Gasteiger partial charge in [-0.3, -0.25) is 9.59 Å². The first-order valence-corrected chi connectivity index (χ1v) is 13.2. The van der Waals surface area contributed by atoms with Crippen LogP contribution in [0.1, 0.15) is 79.9 Å². The van der Waals surface area contributed by atoms with Gasteiger partial charge in [-0.25, -0.2) is 9.13 Å². The van der Waals surface area contributed by atoms with Gasteiger partial charge in [0.25, 0.3) is 0 Å². The smallest absolute Gasteiger partial charge is 0.233 e. The number of nitrogens with zero attached hydrogens (tertiary/aromatic N) is 2. The monoisotopic (exact) mass is 540 g/mol. The molecule has 0 saturated carbocycles. The lowest BCUT2D eigenvalue weighted by Gasteiger charge is -2.14. The van der Waals surface area contributed by atoms with Gasteiger partial charge in [-0.15, -0.1) is 0 Å². The summed E-state index contributed by atoms with van der Waals surface area (Å²) in [6, 6.07) is 7.73. The Hall–Kier alpha value is -4.72. The quantitative estimate of drug-likeness (QED) is 0.204. The van der Waals surface area contributed by atoms with Gasteiger partial charge in [0.15, 0.2) is 36.3 Å². The van der Waals surface area contributed by atoms with Crippen LogP contribution in [0, 0.1) is 13.8 Å². The second kappa shape index (κ2) is 10.8. The van der Waals surface area contributed by atoms with E-state index in [0.29, 0.717) is 47.4 Å². The number of furan rings is 2. The molecule has 4 aromatic rings. The van der Waals surface area contributed by atoms with Gasteiger partial charge in [0.1, 0.15) is 37.1 Å². The molecule has 0 unspecified atom stereocenters. The van der Waals surface area contributed by atoms with Crippen LogP contribution in [0.25, 0.3) is 23.7 Å². The van der Waals surface area contributed by atoms with Crippen LogP contribution in [0.4, 0.5) is 0 Å².